The Balaban J connectivity index is 4.16. The van der Waals surface area contributed by atoms with Crippen LogP contribution in [0.3, 0.4) is 0 Å². The molecule has 0 N–H and O–H groups in total. The summed E-state index contributed by atoms with van der Waals surface area (Å²) < 4.78 is 10.8. The Bertz CT molecular complexity index is 238. The first-order chi connectivity index (χ1) is 6.63. The highest BCUT2D eigenvalue weighted by Crippen LogP contribution is 2.15. The van der Waals surface area contributed by atoms with Crippen molar-refractivity contribution in [3.8, 4) is 0 Å². The van der Waals surface area contributed by atoms with Crippen molar-refractivity contribution < 1.29 is 14.3 Å². The minimum Gasteiger partial charge on any atom is -0.457 e. The van der Waals surface area contributed by atoms with Gasteiger partial charge < -0.3 is 9.47 Å². The molecule has 0 rings (SSSR count). The molecule has 0 aliphatic rings. The molecule has 15 heavy (non-hydrogen) atoms. The molecule has 0 spiro atoms. The molecule has 0 aliphatic carbocycles. The van der Waals surface area contributed by atoms with E-state index in [9.17, 15) is 4.79 Å². The van der Waals surface area contributed by atoms with Crippen LogP contribution in [0.5, 0.6) is 0 Å². The number of hydrogen-bond acceptors (Lipinski definition) is 3. The Morgan fingerprint density at radius 2 is 1.67 bits per heavy atom. The van der Waals surface area contributed by atoms with Crippen molar-refractivity contribution >= 4 is 5.97 Å². The molecule has 2 unspecified atom stereocenters. The van der Waals surface area contributed by atoms with E-state index in [2.05, 4.69) is 6.58 Å². The summed E-state index contributed by atoms with van der Waals surface area (Å²) in [6.45, 7) is 14.8. The average molecular weight is 214 g/mol. The highest BCUT2D eigenvalue weighted by atomic mass is 16.6. The number of ether oxygens (including phenoxy) is 2. The van der Waals surface area contributed by atoms with E-state index >= 15 is 0 Å². The molecule has 0 radical (unpaired) electrons. The second-order valence-corrected chi connectivity index (χ2v) is 4.83. The van der Waals surface area contributed by atoms with Crippen molar-refractivity contribution in [2.24, 2.45) is 0 Å². The molecule has 0 heterocycles. The topological polar surface area (TPSA) is 35.5 Å². The maximum atomic E-state index is 11.2. The zero-order chi connectivity index (χ0) is 12.2. The van der Waals surface area contributed by atoms with Gasteiger partial charge >= 0.3 is 5.97 Å². The van der Waals surface area contributed by atoms with Crippen LogP contribution in [0.25, 0.3) is 0 Å². The molecule has 0 saturated carbocycles. The minimum absolute atomic E-state index is 0.131. The van der Waals surface area contributed by atoms with E-state index < -0.39 is 0 Å². The van der Waals surface area contributed by atoms with Gasteiger partial charge in [0.05, 0.1) is 11.7 Å². The quantitative estimate of drug-likeness (QED) is 0.533. The molecule has 0 aliphatic heterocycles. The first-order valence-electron chi connectivity index (χ1n) is 5.18. The maximum absolute atomic E-state index is 11.2. The summed E-state index contributed by atoms with van der Waals surface area (Å²) in [4.78, 5) is 11.2. The van der Waals surface area contributed by atoms with Gasteiger partial charge in [-0.3, -0.25) is 0 Å². The van der Waals surface area contributed by atoms with Crippen LogP contribution >= 0.6 is 0 Å². The molecule has 0 fully saturated rings. The van der Waals surface area contributed by atoms with Crippen LogP contribution in [0.4, 0.5) is 0 Å². The third-order valence-corrected chi connectivity index (χ3v) is 1.84. The molecule has 88 valence electrons. The number of esters is 1. The van der Waals surface area contributed by atoms with Gasteiger partial charge in [-0.15, -0.1) is 0 Å². The Hall–Kier alpha value is -0.830. The summed E-state index contributed by atoms with van der Waals surface area (Å²) in [5, 5.41) is 0. The molecule has 0 bridgehead atoms. The molecule has 3 nitrogen and oxygen atoms in total. The van der Waals surface area contributed by atoms with Crippen molar-refractivity contribution in [2.45, 2.75) is 59.4 Å². The Labute approximate surface area is 92.5 Å². The fourth-order valence-electron chi connectivity index (χ4n) is 1.02. The van der Waals surface area contributed by atoms with Crippen molar-refractivity contribution in [1.29, 1.82) is 0 Å². The lowest BCUT2D eigenvalue weighted by Gasteiger charge is -2.28. The molecule has 3 heteroatoms. The monoisotopic (exact) mass is 214 g/mol. The minimum atomic E-state index is -0.369. The fraction of sp³-hybridized carbons (Fsp3) is 0.750. The van der Waals surface area contributed by atoms with Gasteiger partial charge in [-0.05, 0) is 41.5 Å². The zero-order valence-corrected chi connectivity index (χ0v) is 10.6. The van der Waals surface area contributed by atoms with E-state index in [4.69, 9.17) is 9.47 Å². The van der Waals surface area contributed by atoms with E-state index in [1.165, 1.54) is 0 Å². The van der Waals surface area contributed by atoms with Gasteiger partial charge in [-0.1, -0.05) is 6.58 Å². The summed E-state index contributed by atoms with van der Waals surface area (Å²) >= 11 is 0. The lowest BCUT2D eigenvalue weighted by atomic mass is 10.1. The lowest BCUT2D eigenvalue weighted by Crippen LogP contribution is -2.35. The summed E-state index contributed by atoms with van der Waals surface area (Å²) in [5.74, 6) is -0.369. The van der Waals surface area contributed by atoms with Crippen molar-refractivity contribution in [3.05, 3.63) is 12.2 Å². The highest BCUT2D eigenvalue weighted by Gasteiger charge is 2.22. The molecule has 0 aromatic rings. The van der Waals surface area contributed by atoms with Crippen molar-refractivity contribution in [3.63, 3.8) is 0 Å². The van der Waals surface area contributed by atoms with Crippen LogP contribution in [0.2, 0.25) is 0 Å². The Morgan fingerprint density at radius 1 is 1.20 bits per heavy atom. The summed E-state index contributed by atoms with van der Waals surface area (Å²) in [5.41, 5.74) is 0.174. The van der Waals surface area contributed by atoms with Crippen LogP contribution in [-0.2, 0) is 14.3 Å². The van der Waals surface area contributed by atoms with Gasteiger partial charge in [0, 0.05) is 5.57 Å². The Morgan fingerprint density at radius 3 is 2.00 bits per heavy atom. The van der Waals surface area contributed by atoms with Gasteiger partial charge in [0.1, 0.15) is 6.10 Å². The number of carbonyl (C=O) groups is 1. The molecular formula is C12H22O3. The third-order valence-electron chi connectivity index (χ3n) is 1.84. The van der Waals surface area contributed by atoms with Crippen LogP contribution in [0.1, 0.15) is 41.5 Å². The lowest BCUT2D eigenvalue weighted by molar-refractivity contribution is -0.157. The van der Waals surface area contributed by atoms with Gasteiger partial charge in [0.15, 0.2) is 0 Å². The first kappa shape index (κ1) is 14.2. The van der Waals surface area contributed by atoms with Gasteiger partial charge in [-0.25, -0.2) is 4.79 Å². The first-order valence-corrected chi connectivity index (χ1v) is 5.18. The Kier molecular flexibility index (Phi) is 5.01. The van der Waals surface area contributed by atoms with Gasteiger partial charge in [0.2, 0.25) is 0 Å². The molecule has 0 amide bonds. The summed E-state index contributed by atoms with van der Waals surface area (Å²) in [7, 11) is 0. The van der Waals surface area contributed by atoms with Gasteiger partial charge in [0.25, 0.3) is 0 Å². The second kappa shape index (κ2) is 5.31. The SMILES string of the molecule is C=C(C)C(=O)OC(C)C(C)OC(C)(C)C. The average Bonchev–Trinajstić information content (AvgIpc) is 2.00. The number of rotatable bonds is 4. The largest absolute Gasteiger partial charge is 0.457 e. The fourth-order valence-corrected chi connectivity index (χ4v) is 1.02. The van der Waals surface area contributed by atoms with Crippen molar-refractivity contribution in [1.82, 2.24) is 0 Å². The zero-order valence-electron chi connectivity index (χ0n) is 10.6. The van der Waals surface area contributed by atoms with Crippen molar-refractivity contribution in [2.75, 3.05) is 0 Å². The normalized spacial score (nSPS) is 15.6. The standard InChI is InChI=1S/C12H22O3/c1-8(2)11(13)14-9(3)10(4)15-12(5,6)7/h9-10H,1H2,2-7H3. The van der Waals surface area contributed by atoms with E-state index in [1.54, 1.807) is 6.92 Å². The molecule has 0 aromatic heterocycles. The van der Waals surface area contributed by atoms with E-state index in [0.717, 1.165) is 0 Å². The third kappa shape index (κ3) is 6.28. The van der Waals surface area contributed by atoms with Crippen LogP contribution in [0, 0.1) is 0 Å². The second-order valence-electron chi connectivity index (χ2n) is 4.83. The molecule has 0 saturated heterocycles. The summed E-state index contributed by atoms with van der Waals surface area (Å²) in [6, 6.07) is 0. The van der Waals surface area contributed by atoms with Crippen LogP contribution < -0.4 is 0 Å². The predicted octanol–water partition coefficient (Wildman–Crippen LogP) is 2.70. The maximum Gasteiger partial charge on any atom is 0.333 e. The van der Waals surface area contributed by atoms with Crippen LogP contribution in [-0.4, -0.2) is 23.8 Å². The van der Waals surface area contributed by atoms with E-state index in [0.29, 0.717) is 5.57 Å². The predicted molar refractivity (Wildman–Crippen MR) is 60.7 cm³/mol. The smallest absolute Gasteiger partial charge is 0.333 e. The summed E-state index contributed by atoms with van der Waals surface area (Å²) in [6.07, 6.45) is -0.401. The highest BCUT2D eigenvalue weighted by molar-refractivity contribution is 5.87. The molecular weight excluding hydrogens is 192 g/mol. The molecule has 0 aromatic carbocycles. The molecule has 2 atom stereocenters. The van der Waals surface area contributed by atoms with Gasteiger partial charge in [-0.2, -0.15) is 0 Å². The van der Waals surface area contributed by atoms with E-state index in [1.807, 2.05) is 34.6 Å². The number of carbonyl (C=O) groups excluding carboxylic acids is 1. The number of hydrogen-bond donors (Lipinski definition) is 0. The van der Waals surface area contributed by atoms with E-state index in [-0.39, 0.29) is 23.8 Å². The van der Waals surface area contributed by atoms with Crippen LogP contribution in [0.15, 0.2) is 12.2 Å².